The zero-order valence-corrected chi connectivity index (χ0v) is 15.0. The molecule has 1 aliphatic heterocycles. The van der Waals surface area contributed by atoms with Crippen LogP contribution in [0.5, 0.6) is 11.5 Å². The van der Waals surface area contributed by atoms with Crippen LogP contribution in [-0.2, 0) is 4.79 Å². The molecule has 1 heterocycles. The molecule has 2 aromatic rings. The van der Waals surface area contributed by atoms with Crippen molar-refractivity contribution in [1.82, 2.24) is 9.80 Å². The highest BCUT2D eigenvalue weighted by Crippen LogP contribution is 2.31. The van der Waals surface area contributed by atoms with Crippen LogP contribution >= 0.6 is 11.6 Å². The Balaban J connectivity index is 1.62. The maximum atomic E-state index is 10.8. The second-order valence-corrected chi connectivity index (χ2v) is 6.41. The number of carbonyl (C=O) groups is 1. The van der Waals surface area contributed by atoms with E-state index in [2.05, 4.69) is 9.89 Å². The number of rotatable bonds is 6. The van der Waals surface area contributed by atoms with E-state index in [0.717, 1.165) is 18.8 Å². The van der Waals surface area contributed by atoms with Crippen molar-refractivity contribution >= 4 is 29.6 Å². The number of nitrogens with zero attached hydrogens (tertiary/aromatic N) is 3. The monoisotopic (exact) mass is 373 g/mol. The van der Waals surface area contributed by atoms with Crippen LogP contribution in [0.3, 0.4) is 0 Å². The number of ether oxygens (including phenoxy) is 1. The number of carboxylic acids is 1. The first-order chi connectivity index (χ1) is 12.6. The number of aliphatic carboxylic acids is 1. The summed E-state index contributed by atoms with van der Waals surface area (Å²) in [5.41, 5.74) is 0.732. The van der Waals surface area contributed by atoms with E-state index in [9.17, 15) is 4.79 Å². The number of hydrogen-bond acceptors (Lipinski definition) is 4. The molecule has 0 atom stereocenters. The van der Waals surface area contributed by atoms with Crippen molar-refractivity contribution in [2.75, 3.05) is 32.7 Å². The summed E-state index contributed by atoms with van der Waals surface area (Å²) in [4.78, 5) is 19.3. The normalized spacial score (nSPS) is 15.3. The molecule has 3 rings (SSSR count). The van der Waals surface area contributed by atoms with E-state index in [-0.39, 0.29) is 6.54 Å². The molecular weight excluding hydrogens is 354 g/mol. The molecule has 0 spiro atoms. The lowest BCUT2D eigenvalue weighted by molar-refractivity contribution is -0.138. The summed E-state index contributed by atoms with van der Waals surface area (Å²) in [6.45, 7) is 3.00. The Morgan fingerprint density at radius 3 is 2.50 bits per heavy atom. The number of hydrogen-bond donors (Lipinski definition) is 1. The van der Waals surface area contributed by atoms with Gasteiger partial charge in [0.25, 0.3) is 0 Å². The number of para-hydroxylation sites is 2. The molecule has 1 aliphatic rings. The van der Waals surface area contributed by atoms with Gasteiger partial charge in [-0.2, -0.15) is 0 Å². The molecule has 7 heteroatoms. The Hall–Kier alpha value is -2.57. The van der Waals surface area contributed by atoms with Crippen molar-refractivity contribution in [3.05, 3.63) is 53.6 Å². The van der Waals surface area contributed by atoms with Crippen molar-refractivity contribution in [2.45, 2.75) is 0 Å². The molecule has 0 aliphatic carbocycles. The summed E-state index contributed by atoms with van der Waals surface area (Å²) >= 11 is 5.90. The van der Waals surface area contributed by atoms with Crippen molar-refractivity contribution in [2.24, 2.45) is 4.99 Å². The summed E-state index contributed by atoms with van der Waals surface area (Å²) in [5, 5.41) is 9.51. The molecule has 1 N–H and O–H groups in total. The van der Waals surface area contributed by atoms with Crippen LogP contribution in [0.4, 0.5) is 5.69 Å². The highest BCUT2D eigenvalue weighted by Gasteiger charge is 2.16. The molecule has 1 saturated heterocycles. The van der Waals surface area contributed by atoms with E-state index in [1.807, 2.05) is 41.3 Å². The summed E-state index contributed by atoms with van der Waals surface area (Å²) in [7, 11) is 0. The minimum atomic E-state index is -0.791. The maximum Gasteiger partial charge on any atom is 0.317 e. The fraction of sp³-hybridized carbons (Fsp3) is 0.263. The van der Waals surface area contributed by atoms with Crippen LogP contribution in [0.25, 0.3) is 0 Å². The molecule has 1 fully saturated rings. The van der Waals surface area contributed by atoms with Gasteiger partial charge in [-0.1, -0.05) is 23.7 Å². The lowest BCUT2D eigenvalue weighted by Gasteiger charge is -2.32. The van der Waals surface area contributed by atoms with E-state index in [1.165, 1.54) is 0 Å². The van der Waals surface area contributed by atoms with E-state index < -0.39 is 5.97 Å². The molecule has 0 amide bonds. The van der Waals surface area contributed by atoms with Gasteiger partial charge in [0.05, 0.1) is 12.9 Å². The fourth-order valence-electron chi connectivity index (χ4n) is 2.65. The lowest BCUT2D eigenvalue weighted by Crippen LogP contribution is -2.47. The Morgan fingerprint density at radius 2 is 1.81 bits per heavy atom. The molecular formula is C19H20ClN3O3. The average Bonchev–Trinajstić information content (AvgIpc) is 2.64. The van der Waals surface area contributed by atoms with Gasteiger partial charge in [0.1, 0.15) is 11.4 Å². The molecule has 2 aromatic carbocycles. The SMILES string of the molecule is O=C(O)CN1CCN(C=Nc2ccccc2Oc2ccc(Cl)cc2)CC1. The van der Waals surface area contributed by atoms with Crippen molar-refractivity contribution < 1.29 is 14.6 Å². The van der Waals surface area contributed by atoms with Crippen LogP contribution in [0.2, 0.25) is 5.02 Å². The van der Waals surface area contributed by atoms with Gasteiger partial charge in [0, 0.05) is 31.2 Å². The third-order valence-electron chi connectivity index (χ3n) is 4.03. The Bertz CT molecular complexity index is 772. The largest absolute Gasteiger partial charge is 0.480 e. The Morgan fingerprint density at radius 1 is 1.12 bits per heavy atom. The van der Waals surface area contributed by atoms with Crippen molar-refractivity contribution in [1.29, 1.82) is 0 Å². The third kappa shape index (κ3) is 5.21. The summed E-state index contributed by atoms with van der Waals surface area (Å²) in [5.74, 6) is 0.565. The Labute approximate surface area is 157 Å². The first-order valence-corrected chi connectivity index (χ1v) is 8.73. The van der Waals surface area contributed by atoms with Gasteiger partial charge < -0.3 is 14.7 Å². The first-order valence-electron chi connectivity index (χ1n) is 8.35. The fourth-order valence-corrected chi connectivity index (χ4v) is 2.78. The minimum Gasteiger partial charge on any atom is -0.480 e. The van der Waals surface area contributed by atoms with E-state index >= 15 is 0 Å². The summed E-state index contributed by atoms with van der Waals surface area (Å²) in [6.07, 6.45) is 1.79. The standard InChI is InChI=1S/C19H20ClN3O3/c20-15-5-7-16(8-6-15)26-18-4-2-1-3-17(18)21-14-23-11-9-22(10-12-23)13-19(24)25/h1-8,14H,9-13H2,(H,24,25). The van der Waals surface area contributed by atoms with Gasteiger partial charge in [-0.3, -0.25) is 9.69 Å². The second kappa shape index (κ2) is 8.69. The van der Waals surface area contributed by atoms with Crippen molar-refractivity contribution in [3.8, 4) is 11.5 Å². The van der Waals surface area contributed by atoms with Crippen LogP contribution in [0.15, 0.2) is 53.5 Å². The molecule has 136 valence electrons. The van der Waals surface area contributed by atoms with Crippen LogP contribution in [0.1, 0.15) is 0 Å². The van der Waals surface area contributed by atoms with E-state index in [4.69, 9.17) is 21.4 Å². The number of carboxylic acid groups (broad SMARTS) is 1. The van der Waals surface area contributed by atoms with Gasteiger partial charge in [0.15, 0.2) is 5.75 Å². The second-order valence-electron chi connectivity index (χ2n) is 5.97. The topological polar surface area (TPSA) is 65.4 Å². The first kappa shape index (κ1) is 18.2. The number of halogens is 1. The average molecular weight is 374 g/mol. The number of aliphatic imine (C=N–C) groups is 1. The molecule has 26 heavy (non-hydrogen) atoms. The van der Waals surface area contributed by atoms with Gasteiger partial charge in [-0.25, -0.2) is 4.99 Å². The van der Waals surface area contributed by atoms with E-state index in [1.54, 1.807) is 18.5 Å². The third-order valence-corrected chi connectivity index (χ3v) is 4.28. The zero-order chi connectivity index (χ0) is 18.4. The van der Waals surface area contributed by atoms with Gasteiger partial charge in [-0.15, -0.1) is 0 Å². The van der Waals surface area contributed by atoms with Crippen LogP contribution in [-0.4, -0.2) is 59.9 Å². The molecule has 0 saturated carbocycles. The molecule has 6 nitrogen and oxygen atoms in total. The summed E-state index contributed by atoms with van der Waals surface area (Å²) in [6, 6.07) is 14.7. The maximum absolute atomic E-state index is 10.8. The molecule has 0 bridgehead atoms. The molecule has 0 unspecified atom stereocenters. The number of benzene rings is 2. The lowest BCUT2D eigenvalue weighted by atomic mass is 10.3. The van der Waals surface area contributed by atoms with Gasteiger partial charge >= 0.3 is 5.97 Å². The highest BCUT2D eigenvalue weighted by atomic mass is 35.5. The predicted molar refractivity (Wildman–Crippen MR) is 102 cm³/mol. The van der Waals surface area contributed by atoms with E-state index in [0.29, 0.717) is 29.6 Å². The zero-order valence-electron chi connectivity index (χ0n) is 14.2. The molecule has 0 aromatic heterocycles. The van der Waals surface area contributed by atoms with Gasteiger partial charge in [-0.05, 0) is 36.4 Å². The molecule has 0 radical (unpaired) electrons. The number of piperazine rings is 1. The minimum absolute atomic E-state index is 0.0861. The summed E-state index contributed by atoms with van der Waals surface area (Å²) < 4.78 is 5.90. The quantitative estimate of drug-likeness (QED) is 0.620. The Kier molecular flexibility index (Phi) is 6.09. The van der Waals surface area contributed by atoms with Crippen LogP contribution in [0, 0.1) is 0 Å². The smallest absolute Gasteiger partial charge is 0.317 e. The van der Waals surface area contributed by atoms with Crippen molar-refractivity contribution in [3.63, 3.8) is 0 Å². The van der Waals surface area contributed by atoms with Crippen LogP contribution < -0.4 is 4.74 Å². The highest BCUT2D eigenvalue weighted by molar-refractivity contribution is 6.30. The van der Waals surface area contributed by atoms with Gasteiger partial charge in [0.2, 0.25) is 0 Å². The predicted octanol–water partition coefficient (Wildman–Crippen LogP) is 3.49.